The zero-order chi connectivity index (χ0) is 33.7. The molecule has 2 heteroatoms. The van der Waals surface area contributed by atoms with E-state index in [2.05, 4.69) is 84.1 Å². The maximum Gasteiger partial charge on any atom is 0.306 e. The molecule has 3 saturated carbocycles. The SMILES string of the molecule is CCC=CCC=CCC=CCCCCCCCC(=O)OC1CCC2(C)C(=CCC3C2CCC2(C)C(C(C)CCCC(C)C)CCC32)C1. The molecule has 0 spiro atoms. The first-order valence-electron chi connectivity index (χ1n) is 20.5. The number of ether oxygens (including phenoxy) is 1. The van der Waals surface area contributed by atoms with Gasteiger partial charge >= 0.3 is 5.97 Å². The summed E-state index contributed by atoms with van der Waals surface area (Å²) in [5.74, 6) is 5.28. The summed E-state index contributed by atoms with van der Waals surface area (Å²) in [4.78, 5) is 12.8. The summed E-state index contributed by atoms with van der Waals surface area (Å²) in [5.41, 5.74) is 2.51. The second-order valence-corrected chi connectivity index (χ2v) is 17.2. The van der Waals surface area contributed by atoms with Crippen molar-refractivity contribution in [1.29, 1.82) is 0 Å². The van der Waals surface area contributed by atoms with Crippen LogP contribution in [0.5, 0.6) is 0 Å². The van der Waals surface area contributed by atoms with Crippen LogP contribution in [-0.4, -0.2) is 12.1 Å². The van der Waals surface area contributed by atoms with Gasteiger partial charge in [-0.15, -0.1) is 0 Å². The van der Waals surface area contributed by atoms with E-state index in [0.717, 1.165) is 80.5 Å². The lowest BCUT2D eigenvalue weighted by atomic mass is 9.47. The van der Waals surface area contributed by atoms with E-state index < -0.39 is 0 Å². The Morgan fingerprint density at radius 1 is 0.830 bits per heavy atom. The molecule has 0 heterocycles. The molecule has 0 aliphatic heterocycles. The van der Waals surface area contributed by atoms with Gasteiger partial charge in [-0.3, -0.25) is 4.79 Å². The van der Waals surface area contributed by atoms with Crippen molar-refractivity contribution in [1.82, 2.24) is 0 Å². The number of fused-ring (bicyclic) bond motifs is 5. The molecular formula is C45H74O2. The van der Waals surface area contributed by atoms with Crippen LogP contribution in [0.25, 0.3) is 0 Å². The molecule has 266 valence electrons. The van der Waals surface area contributed by atoms with E-state index in [9.17, 15) is 4.79 Å². The summed E-state index contributed by atoms with van der Waals surface area (Å²) < 4.78 is 6.12. The van der Waals surface area contributed by atoms with Gasteiger partial charge in [-0.05, 0) is 130 Å². The lowest BCUT2D eigenvalue weighted by molar-refractivity contribution is -0.151. The molecule has 4 aliphatic carbocycles. The third-order valence-electron chi connectivity index (χ3n) is 13.6. The van der Waals surface area contributed by atoms with Gasteiger partial charge in [-0.2, -0.15) is 0 Å². The van der Waals surface area contributed by atoms with Crippen LogP contribution in [-0.2, 0) is 9.53 Å². The molecule has 0 amide bonds. The molecule has 0 N–H and O–H groups in total. The minimum Gasteiger partial charge on any atom is -0.462 e. The second-order valence-electron chi connectivity index (χ2n) is 17.2. The van der Waals surface area contributed by atoms with Gasteiger partial charge in [0.05, 0.1) is 0 Å². The predicted molar refractivity (Wildman–Crippen MR) is 202 cm³/mol. The highest BCUT2D eigenvalue weighted by Gasteiger charge is 2.59. The van der Waals surface area contributed by atoms with E-state index >= 15 is 0 Å². The Hall–Kier alpha value is -1.57. The third-order valence-corrected chi connectivity index (χ3v) is 13.6. The topological polar surface area (TPSA) is 26.3 Å². The first kappa shape index (κ1) is 38.2. The van der Waals surface area contributed by atoms with Crippen LogP contribution < -0.4 is 0 Å². The number of unbranched alkanes of at least 4 members (excludes halogenated alkanes) is 5. The van der Waals surface area contributed by atoms with Gasteiger partial charge in [-0.25, -0.2) is 0 Å². The molecule has 8 unspecified atom stereocenters. The summed E-state index contributed by atoms with van der Waals surface area (Å²) in [6.45, 7) is 14.8. The zero-order valence-corrected chi connectivity index (χ0v) is 31.7. The Morgan fingerprint density at radius 2 is 1.55 bits per heavy atom. The number of esters is 1. The lowest BCUT2D eigenvalue weighted by Crippen LogP contribution is -2.51. The number of carbonyl (C=O) groups is 1. The molecule has 0 radical (unpaired) electrons. The fourth-order valence-corrected chi connectivity index (χ4v) is 10.9. The van der Waals surface area contributed by atoms with Crippen molar-refractivity contribution < 1.29 is 9.53 Å². The first-order valence-corrected chi connectivity index (χ1v) is 20.5. The fraction of sp³-hybridized carbons (Fsp3) is 0.800. The number of hydrogen-bond acceptors (Lipinski definition) is 2. The molecular weight excluding hydrogens is 572 g/mol. The second kappa shape index (κ2) is 19.0. The number of allylic oxidation sites excluding steroid dienone is 7. The third kappa shape index (κ3) is 10.5. The normalized spacial score (nSPS) is 32.9. The van der Waals surface area contributed by atoms with Crippen LogP contribution in [0.15, 0.2) is 48.1 Å². The van der Waals surface area contributed by atoms with Crippen LogP contribution >= 0.6 is 0 Å². The van der Waals surface area contributed by atoms with Crippen molar-refractivity contribution >= 4 is 5.97 Å². The largest absolute Gasteiger partial charge is 0.462 e. The molecule has 2 nitrogen and oxygen atoms in total. The molecule has 4 rings (SSSR count). The number of hydrogen-bond donors (Lipinski definition) is 0. The minimum atomic E-state index is 0.0435. The van der Waals surface area contributed by atoms with Crippen LogP contribution in [0.1, 0.15) is 176 Å². The molecule has 0 aromatic heterocycles. The van der Waals surface area contributed by atoms with Crippen molar-refractivity contribution in [3.05, 3.63) is 48.1 Å². The van der Waals surface area contributed by atoms with E-state index in [1.54, 1.807) is 5.57 Å². The Balaban J connectivity index is 1.13. The van der Waals surface area contributed by atoms with E-state index in [0.29, 0.717) is 17.3 Å². The maximum absolute atomic E-state index is 12.8. The summed E-state index contributed by atoms with van der Waals surface area (Å²) in [5, 5.41) is 0. The molecule has 0 aromatic carbocycles. The van der Waals surface area contributed by atoms with Gasteiger partial charge in [-0.1, -0.05) is 128 Å². The number of carbonyl (C=O) groups excluding carboxylic acids is 1. The highest BCUT2D eigenvalue weighted by Crippen LogP contribution is 2.67. The quantitative estimate of drug-likeness (QED) is 0.0793. The van der Waals surface area contributed by atoms with Gasteiger partial charge < -0.3 is 4.74 Å². The van der Waals surface area contributed by atoms with Gasteiger partial charge in [0.15, 0.2) is 0 Å². The van der Waals surface area contributed by atoms with Gasteiger partial charge in [0.2, 0.25) is 0 Å². The lowest BCUT2D eigenvalue weighted by Gasteiger charge is -2.58. The van der Waals surface area contributed by atoms with Gasteiger partial charge in [0.1, 0.15) is 6.10 Å². The molecule has 8 atom stereocenters. The van der Waals surface area contributed by atoms with Crippen LogP contribution in [0.3, 0.4) is 0 Å². The highest BCUT2D eigenvalue weighted by molar-refractivity contribution is 5.69. The standard InChI is InChI=1S/C45H74O2/c1-7-8-9-10-11-12-13-14-15-16-17-18-19-20-21-25-43(46)47-38-30-32-44(5)37(34-38)26-27-39-41-29-28-40(36(4)24-22-23-35(2)3)45(41,6)33-31-42(39)44/h8-9,11-12,14-15,26,35-36,38-42H,7,10,13,16-25,27-34H2,1-6H3. The molecule has 0 bridgehead atoms. The Labute approximate surface area is 291 Å². The minimum absolute atomic E-state index is 0.0435. The molecule has 0 aromatic rings. The summed E-state index contributed by atoms with van der Waals surface area (Å²) >= 11 is 0. The molecule has 47 heavy (non-hydrogen) atoms. The summed E-state index contributed by atoms with van der Waals surface area (Å²) in [7, 11) is 0. The van der Waals surface area contributed by atoms with Crippen molar-refractivity contribution in [2.24, 2.45) is 46.3 Å². The predicted octanol–water partition coefficient (Wildman–Crippen LogP) is 13.5. The van der Waals surface area contributed by atoms with E-state index in [-0.39, 0.29) is 12.1 Å². The Morgan fingerprint density at radius 3 is 2.32 bits per heavy atom. The average molecular weight is 647 g/mol. The Kier molecular flexibility index (Phi) is 15.4. The fourth-order valence-electron chi connectivity index (χ4n) is 10.9. The molecule has 4 aliphatic rings. The van der Waals surface area contributed by atoms with E-state index in [1.807, 2.05) is 0 Å². The Bertz CT molecular complexity index is 1060. The smallest absolute Gasteiger partial charge is 0.306 e. The van der Waals surface area contributed by atoms with Crippen LogP contribution in [0.4, 0.5) is 0 Å². The van der Waals surface area contributed by atoms with Crippen molar-refractivity contribution in [2.75, 3.05) is 0 Å². The molecule has 0 saturated heterocycles. The monoisotopic (exact) mass is 647 g/mol. The van der Waals surface area contributed by atoms with Crippen molar-refractivity contribution in [3.8, 4) is 0 Å². The van der Waals surface area contributed by atoms with Crippen LogP contribution in [0.2, 0.25) is 0 Å². The van der Waals surface area contributed by atoms with Crippen molar-refractivity contribution in [3.63, 3.8) is 0 Å². The van der Waals surface area contributed by atoms with Crippen molar-refractivity contribution in [2.45, 2.75) is 182 Å². The summed E-state index contributed by atoms with van der Waals surface area (Å²) in [6.07, 6.45) is 41.7. The number of rotatable bonds is 19. The average Bonchev–Trinajstić information content (AvgIpc) is 3.40. The van der Waals surface area contributed by atoms with E-state index in [4.69, 9.17) is 4.74 Å². The van der Waals surface area contributed by atoms with Crippen LogP contribution in [0, 0.1) is 46.3 Å². The summed E-state index contributed by atoms with van der Waals surface area (Å²) in [6, 6.07) is 0. The van der Waals surface area contributed by atoms with Gasteiger partial charge in [0.25, 0.3) is 0 Å². The highest BCUT2D eigenvalue weighted by atomic mass is 16.5. The zero-order valence-electron chi connectivity index (χ0n) is 31.7. The van der Waals surface area contributed by atoms with Gasteiger partial charge in [0, 0.05) is 12.8 Å². The maximum atomic E-state index is 12.8. The van der Waals surface area contributed by atoms with E-state index in [1.165, 1.54) is 83.5 Å². The first-order chi connectivity index (χ1) is 22.7. The molecule has 3 fully saturated rings.